The molecule has 0 spiro atoms. The maximum atomic E-state index is 13.3. The summed E-state index contributed by atoms with van der Waals surface area (Å²) in [5.41, 5.74) is 1.82. The van der Waals surface area contributed by atoms with E-state index in [2.05, 4.69) is 10.2 Å². The molecule has 2 aromatic carbocycles. The molecule has 1 aliphatic carbocycles. The molecular weight excluding hydrogens is 493 g/mol. The van der Waals surface area contributed by atoms with Gasteiger partial charge in [0.05, 0.1) is 6.04 Å². The van der Waals surface area contributed by atoms with E-state index in [4.69, 9.17) is 42.3 Å². The number of carboxylic acids is 1. The number of ether oxygens (including phenoxy) is 1. The van der Waals surface area contributed by atoms with Crippen molar-refractivity contribution in [1.82, 2.24) is 15.1 Å². The van der Waals surface area contributed by atoms with Gasteiger partial charge in [-0.25, -0.2) is 0 Å². The minimum Gasteiger partial charge on any atom is -0.481 e. The predicted molar refractivity (Wildman–Crippen MR) is 129 cm³/mol. The van der Waals surface area contributed by atoms with Crippen LogP contribution in [0.3, 0.4) is 0 Å². The second kappa shape index (κ2) is 10.8. The Balaban J connectivity index is 0.000000672. The van der Waals surface area contributed by atoms with E-state index in [-0.39, 0.29) is 24.5 Å². The number of rotatable bonds is 5. The van der Waals surface area contributed by atoms with Crippen molar-refractivity contribution < 1.29 is 23.8 Å². The number of aliphatic carboxylic acids is 1. The summed E-state index contributed by atoms with van der Waals surface area (Å²) in [5, 5.41) is 17.0. The predicted octanol–water partition coefficient (Wildman–Crippen LogP) is 5.57. The minimum atomic E-state index is -0.833. The van der Waals surface area contributed by atoms with Gasteiger partial charge in [-0.3, -0.25) is 9.59 Å². The molecule has 3 unspecified atom stereocenters. The summed E-state index contributed by atoms with van der Waals surface area (Å²) in [4.78, 5) is 24.2. The van der Waals surface area contributed by atoms with Crippen LogP contribution in [-0.2, 0) is 14.3 Å². The maximum Gasteiger partial charge on any atom is 0.300 e. The van der Waals surface area contributed by atoms with E-state index in [9.17, 15) is 4.79 Å². The third kappa shape index (κ3) is 6.01. The van der Waals surface area contributed by atoms with E-state index in [1.165, 1.54) is 0 Å². The molecule has 3 aromatic rings. The van der Waals surface area contributed by atoms with E-state index < -0.39 is 18.1 Å². The number of carbonyl (C=O) groups is 2. The molecule has 1 aromatic heterocycles. The first kappa shape index (κ1) is 25.2. The smallest absolute Gasteiger partial charge is 0.300 e. The Hall–Kier alpha value is -2.94. The molecule has 1 aliphatic heterocycles. The summed E-state index contributed by atoms with van der Waals surface area (Å²) in [6.07, 6.45) is 1.61. The molecule has 2 aliphatic rings. The number of carbonyl (C=O) groups excluding carboxylic acids is 1. The summed E-state index contributed by atoms with van der Waals surface area (Å²) in [5.74, 6) is 0.289. The molecular formula is C25H25Cl2N3O5. The van der Waals surface area contributed by atoms with Crippen molar-refractivity contribution in [3.05, 3.63) is 81.5 Å². The van der Waals surface area contributed by atoms with Gasteiger partial charge in [-0.1, -0.05) is 47.5 Å². The number of morpholine rings is 1. The number of hydrogen-bond donors (Lipinski definition) is 1. The molecule has 1 amide bonds. The number of aryl methyl sites for hydroxylation is 1. The van der Waals surface area contributed by atoms with Crippen molar-refractivity contribution in [3.8, 4) is 0 Å². The monoisotopic (exact) mass is 517 g/mol. The Bertz CT molecular complexity index is 1190. The summed E-state index contributed by atoms with van der Waals surface area (Å²) in [6.45, 7) is 2.81. The van der Waals surface area contributed by atoms with E-state index in [0.29, 0.717) is 21.8 Å². The van der Waals surface area contributed by atoms with E-state index in [0.717, 1.165) is 30.9 Å². The van der Waals surface area contributed by atoms with Crippen LogP contribution in [0.15, 0.2) is 52.9 Å². The van der Waals surface area contributed by atoms with E-state index >= 15 is 0 Å². The van der Waals surface area contributed by atoms with Crippen LogP contribution >= 0.6 is 23.2 Å². The van der Waals surface area contributed by atoms with Crippen LogP contribution in [0.1, 0.15) is 60.9 Å². The van der Waals surface area contributed by atoms with Gasteiger partial charge in [-0.15, -0.1) is 10.2 Å². The lowest BCUT2D eigenvalue weighted by Gasteiger charge is -2.44. The minimum absolute atomic E-state index is 0.0301. The van der Waals surface area contributed by atoms with Crippen LogP contribution < -0.4 is 0 Å². The molecule has 2 fully saturated rings. The van der Waals surface area contributed by atoms with Gasteiger partial charge in [-0.05, 0) is 54.2 Å². The largest absolute Gasteiger partial charge is 0.481 e. The first-order chi connectivity index (χ1) is 16.7. The number of halogens is 2. The topological polar surface area (TPSA) is 106 Å². The highest BCUT2D eigenvalue weighted by Gasteiger charge is 2.49. The van der Waals surface area contributed by atoms with Crippen LogP contribution in [0.25, 0.3) is 0 Å². The van der Waals surface area contributed by atoms with Crippen molar-refractivity contribution in [3.63, 3.8) is 0 Å². The second-order valence-corrected chi connectivity index (χ2v) is 9.42. The third-order valence-corrected chi connectivity index (χ3v) is 6.30. The van der Waals surface area contributed by atoms with E-state index in [1.807, 2.05) is 53.4 Å². The summed E-state index contributed by atoms with van der Waals surface area (Å²) >= 11 is 12.4. The van der Waals surface area contributed by atoms with Crippen molar-refractivity contribution in [2.75, 3.05) is 6.61 Å². The van der Waals surface area contributed by atoms with Crippen molar-refractivity contribution in [2.45, 2.75) is 44.9 Å². The van der Waals surface area contributed by atoms with Crippen molar-refractivity contribution in [1.29, 1.82) is 0 Å². The molecule has 1 N–H and O–H groups in total. The number of benzene rings is 2. The van der Waals surface area contributed by atoms with Crippen LogP contribution in [0.5, 0.6) is 0 Å². The summed E-state index contributed by atoms with van der Waals surface area (Å²) in [6, 6.07) is 14.4. The molecule has 3 atom stereocenters. The second-order valence-electron chi connectivity index (χ2n) is 8.54. The van der Waals surface area contributed by atoms with Crippen molar-refractivity contribution in [2.24, 2.45) is 5.92 Å². The maximum absolute atomic E-state index is 13.3. The number of nitrogens with zero attached hydrogens (tertiary/aromatic N) is 3. The fraction of sp³-hybridized carbons (Fsp3) is 0.360. The Labute approximate surface area is 212 Å². The number of aromatic nitrogens is 2. The number of amides is 1. The lowest BCUT2D eigenvalue weighted by molar-refractivity contribution is -0.165. The molecule has 5 rings (SSSR count). The van der Waals surface area contributed by atoms with Crippen LogP contribution in [0.4, 0.5) is 0 Å². The zero-order chi connectivity index (χ0) is 25.1. The first-order valence-corrected chi connectivity index (χ1v) is 11.9. The van der Waals surface area contributed by atoms with Gasteiger partial charge in [0.15, 0.2) is 0 Å². The molecule has 1 saturated heterocycles. The van der Waals surface area contributed by atoms with Gasteiger partial charge in [-0.2, -0.15) is 0 Å². The third-order valence-electron chi connectivity index (χ3n) is 5.81. The highest BCUT2D eigenvalue weighted by Crippen LogP contribution is 2.51. The molecule has 1 saturated carbocycles. The SMILES string of the molecule is CC(=O)O.Cc1nnc(C(C2CC2)N2C(=O)COC(c3cccc(Cl)c3)C2c2ccc(Cl)cc2)o1. The zero-order valence-corrected chi connectivity index (χ0v) is 20.7. The Morgan fingerprint density at radius 3 is 2.34 bits per heavy atom. The van der Waals surface area contributed by atoms with Gasteiger partial charge in [0.1, 0.15) is 18.8 Å². The summed E-state index contributed by atoms with van der Waals surface area (Å²) < 4.78 is 11.9. The van der Waals surface area contributed by atoms with Crippen LogP contribution in [0, 0.1) is 12.8 Å². The zero-order valence-electron chi connectivity index (χ0n) is 19.2. The molecule has 0 bridgehead atoms. The van der Waals surface area contributed by atoms with Crippen LogP contribution in [0.2, 0.25) is 10.0 Å². The van der Waals surface area contributed by atoms with Gasteiger partial charge < -0.3 is 19.2 Å². The average molecular weight is 518 g/mol. The lowest BCUT2D eigenvalue weighted by Crippen LogP contribution is -2.48. The fourth-order valence-corrected chi connectivity index (χ4v) is 4.63. The standard InChI is InChI=1S/C23H21Cl2N3O3.C2H4O2/c1-13-26-27-23(31-13)21(15-5-6-15)28-19(29)12-30-22(16-3-2-4-18(25)11-16)20(28)14-7-9-17(24)10-8-14;1-2(3)4/h2-4,7-11,15,20-22H,5-6,12H2,1H3;1H3,(H,3,4). The van der Waals surface area contributed by atoms with E-state index in [1.54, 1.807) is 6.92 Å². The lowest BCUT2D eigenvalue weighted by atomic mass is 9.90. The average Bonchev–Trinajstić information content (AvgIpc) is 3.55. The molecule has 2 heterocycles. The van der Waals surface area contributed by atoms with Gasteiger partial charge in [0.2, 0.25) is 17.7 Å². The van der Waals surface area contributed by atoms with Gasteiger partial charge >= 0.3 is 0 Å². The highest BCUT2D eigenvalue weighted by atomic mass is 35.5. The molecule has 184 valence electrons. The molecule has 10 heteroatoms. The Morgan fingerprint density at radius 2 is 1.77 bits per heavy atom. The number of hydrogen-bond acceptors (Lipinski definition) is 6. The van der Waals surface area contributed by atoms with Gasteiger partial charge in [0.25, 0.3) is 5.97 Å². The molecule has 0 radical (unpaired) electrons. The summed E-state index contributed by atoms with van der Waals surface area (Å²) in [7, 11) is 0. The molecule has 8 nitrogen and oxygen atoms in total. The first-order valence-electron chi connectivity index (χ1n) is 11.2. The fourth-order valence-electron chi connectivity index (χ4n) is 4.30. The molecule has 35 heavy (non-hydrogen) atoms. The number of carboxylic acid groups (broad SMARTS) is 1. The quantitative estimate of drug-likeness (QED) is 0.471. The van der Waals surface area contributed by atoms with Crippen molar-refractivity contribution >= 4 is 35.1 Å². The van der Waals surface area contributed by atoms with Gasteiger partial charge in [0, 0.05) is 23.9 Å². The Morgan fingerprint density at radius 1 is 1.09 bits per heavy atom. The normalized spacial score (nSPS) is 20.7. The highest BCUT2D eigenvalue weighted by molar-refractivity contribution is 6.30. The van der Waals surface area contributed by atoms with Crippen LogP contribution in [-0.4, -0.2) is 38.7 Å². The Kier molecular flexibility index (Phi) is 7.74.